The molecule has 3 aromatic rings. The molecule has 0 saturated carbocycles. The number of fused-ring (bicyclic) bond motifs is 1. The smallest absolute Gasteiger partial charge is 0.356 e. The number of nitro benzene ring substituents is 1. The molecule has 8 heteroatoms. The van der Waals surface area contributed by atoms with Gasteiger partial charge in [-0.2, -0.15) is 5.10 Å². The van der Waals surface area contributed by atoms with E-state index in [0.717, 1.165) is 11.3 Å². The Kier molecular flexibility index (Phi) is 4.11. The zero-order valence-corrected chi connectivity index (χ0v) is 12.8. The van der Waals surface area contributed by atoms with E-state index in [1.165, 1.54) is 19.2 Å². The lowest BCUT2D eigenvalue weighted by Crippen LogP contribution is -2.02. The maximum absolute atomic E-state index is 11.6. The number of aromatic nitrogens is 2. The molecule has 0 saturated heterocycles. The average molecular weight is 326 g/mol. The number of methoxy groups -OCH3 is 1. The minimum atomic E-state index is -0.477. The highest BCUT2D eigenvalue weighted by Crippen LogP contribution is 2.22. The summed E-state index contributed by atoms with van der Waals surface area (Å²) in [4.78, 5) is 22.0. The number of non-ortho nitro benzene ring substituents is 1. The van der Waals surface area contributed by atoms with Crippen LogP contribution in [0.3, 0.4) is 0 Å². The van der Waals surface area contributed by atoms with Crippen LogP contribution in [0.25, 0.3) is 10.9 Å². The molecule has 0 spiro atoms. The van der Waals surface area contributed by atoms with Gasteiger partial charge in [-0.05, 0) is 23.8 Å². The number of hydrogen-bond acceptors (Lipinski definition) is 6. The largest absolute Gasteiger partial charge is 0.464 e. The molecule has 0 unspecified atom stereocenters. The van der Waals surface area contributed by atoms with Crippen molar-refractivity contribution in [2.45, 2.75) is 6.54 Å². The van der Waals surface area contributed by atoms with Crippen LogP contribution < -0.4 is 5.32 Å². The molecule has 0 aliphatic rings. The Hall–Kier alpha value is -3.42. The Labute approximate surface area is 136 Å². The summed E-state index contributed by atoms with van der Waals surface area (Å²) >= 11 is 0. The summed E-state index contributed by atoms with van der Waals surface area (Å²) < 4.78 is 4.69. The highest BCUT2D eigenvalue weighted by molar-refractivity contribution is 6.02. The number of carbonyl (C=O) groups excluding carboxylic acids is 1. The van der Waals surface area contributed by atoms with Gasteiger partial charge in [0.1, 0.15) is 0 Å². The van der Waals surface area contributed by atoms with Crippen LogP contribution in [0.2, 0.25) is 0 Å². The fraction of sp³-hybridized carbons (Fsp3) is 0.125. The molecule has 0 radical (unpaired) electrons. The minimum absolute atomic E-state index is 0.0553. The third kappa shape index (κ3) is 3.02. The average Bonchev–Trinajstić information content (AvgIpc) is 3.02. The Morgan fingerprint density at radius 2 is 2.17 bits per heavy atom. The molecule has 0 aliphatic heterocycles. The minimum Gasteiger partial charge on any atom is -0.464 e. The van der Waals surface area contributed by atoms with E-state index < -0.39 is 10.9 Å². The van der Waals surface area contributed by atoms with Gasteiger partial charge in [-0.15, -0.1) is 0 Å². The van der Waals surface area contributed by atoms with Gasteiger partial charge in [0.05, 0.1) is 17.5 Å². The lowest BCUT2D eigenvalue weighted by atomic mass is 10.1. The molecule has 0 aliphatic carbocycles. The van der Waals surface area contributed by atoms with Crippen LogP contribution in [0, 0.1) is 10.1 Å². The molecule has 24 heavy (non-hydrogen) atoms. The summed E-state index contributed by atoms with van der Waals surface area (Å²) in [7, 11) is 1.31. The van der Waals surface area contributed by atoms with Crippen LogP contribution >= 0.6 is 0 Å². The second-order valence-electron chi connectivity index (χ2n) is 5.10. The van der Waals surface area contributed by atoms with E-state index in [1.54, 1.807) is 18.2 Å². The van der Waals surface area contributed by atoms with Gasteiger partial charge < -0.3 is 10.1 Å². The van der Waals surface area contributed by atoms with Crippen molar-refractivity contribution in [3.63, 3.8) is 0 Å². The number of H-pyrrole nitrogens is 1. The molecule has 2 aromatic carbocycles. The van der Waals surface area contributed by atoms with E-state index in [1.807, 2.05) is 12.1 Å². The number of esters is 1. The lowest BCUT2D eigenvalue weighted by molar-refractivity contribution is -0.384. The molecule has 0 amide bonds. The van der Waals surface area contributed by atoms with Crippen molar-refractivity contribution in [1.82, 2.24) is 10.2 Å². The number of hydrogen-bond donors (Lipinski definition) is 2. The number of rotatable bonds is 5. The van der Waals surface area contributed by atoms with Gasteiger partial charge >= 0.3 is 5.97 Å². The normalized spacial score (nSPS) is 10.5. The molecule has 1 heterocycles. The molecule has 2 N–H and O–H groups in total. The molecule has 8 nitrogen and oxygen atoms in total. The number of anilines is 1. The topological polar surface area (TPSA) is 110 Å². The SMILES string of the molecule is COC(=O)c1[nH]nc2cc(NCc3cccc([N+](=O)[O-])c3)ccc12. The van der Waals surface area contributed by atoms with Crippen molar-refractivity contribution in [3.8, 4) is 0 Å². The number of carbonyl (C=O) groups is 1. The molecule has 0 atom stereocenters. The number of nitrogens with zero attached hydrogens (tertiary/aromatic N) is 2. The quantitative estimate of drug-likeness (QED) is 0.424. The summed E-state index contributed by atoms with van der Waals surface area (Å²) in [5.41, 5.74) is 2.57. The van der Waals surface area contributed by atoms with Crippen molar-refractivity contribution in [2.75, 3.05) is 12.4 Å². The monoisotopic (exact) mass is 326 g/mol. The van der Waals surface area contributed by atoms with E-state index in [9.17, 15) is 14.9 Å². The maximum atomic E-state index is 11.6. The van der Waals surface area contributed by atoms with E-state index >= 15 is 0 Å². The Morgan fingerprint density at radius 3 is 2.92 bits per heavy atom. The van der Waals surface area contributed by atoms with Crippen LogP contribution in [0.1, 0.15) is 16.1 Å². The van der Waals surface area contributed by atoms with Gasteiger partial charge in [0.2, 0.25) is 0 Å². The molecular weight excluding hydrogens is 312 g/mol. The predicted octanol–water partition coefficient (Wildman–Crippen LogP) is 2.87. The second kappa shape index (κ2) is 6.37. The first-order valence-corrected chi connectivity index (χ1v) is 7.12. The highest BCUT2D eigenvalue weighted by Gasteiger charge is 2.13. The van der Waals surface area contributed by atoms with Crippen molar-refractivity contribution in [1.29, 1.82) is 0 Å². The molecule has 1 aromatic heterocycles. The first-order chi connectivity index (χ1) is 11.6. The Morgan fingerprint density at radius 1 is 1.33 bits per heavy atom. The first kappa shape index (κ1) is 15.5. The van der Waals surface area contributed by atoms with Gasteiger partial charge in [-0.1, -0.05) is 12.1 Å². The van der Waals surface area contributed by atoms with Crippen molar-refractivity contribution < 1.29 is 14.5 Å². The van der Waals surface area contributed by atoms with E-state index in [0.29, 0.717) is 23.1 Å². The lowest BCUT2D eigenvalue weighted by Gasteiger charge is -2.06. The number of ether oxygens (including phenoxy) is 1. The summed E-state index contributed by atoms with van der Waals surface area (Å²) in [5.74, 6) is -0.477. The molecule has 0 fully saturated rings. The van der Waals surface area contributed by atoms with E-state index in [-0.39, 0.29) is 5.69 Å². The predicted molar refractivity (Wildman–Crippen MR) is 87.9 cm³/mol. The fourth-order valence-electron chi connectivity index (χ4n) is 2.36. The van der Waals surface area contributed by atoms with Gasteiger partial charge in [-0.25, -0.2) is 4.79 Å². The van der Waals surface area contributed by atoms with Gasteiger partial charge in [-0.3, -0.25) is 15.2 Å². The number of benzene rings is 2. The summed E-state index contributed by atoms with van der Waals surface area (Å²) in [5, 5.41) is 21.4. The zero-order valence-electron chi connectivity index (χ0n) is 12.8. The number of nitrogens with one attached hydrogen (secondary N) is 2. The summed E-state index contributed by atoms with van der Waals surface area (Å²) in [6, 6.07) is 11.8. The molecule has 3 rings (SSSR count). The molecule has 0 bridgehead atoms. The van der Waals surface area contributed by atoms with Crippen LogP contribution in [0.15, 0.2) is 42.5 Å². The van der Waals surface area contributed by atoms with E-state index in [4.69, 9.17) is 0 Å². The number of aromatic amines is 1. The standard InChI is InChI=1S/C16H14N4O4/c1-24-16(21)15-13-6-5-11(8-14(13)18-19-15)17-9-10-3-2-4-12(7-10)20(22)23/h2-8,17H,9H2,1H3,(H,18,19). The Balaban J connectivity index is 1.77. The number of nitro groups is 1. The van der Waals surface area contributed by atoms with Crippen molar-refractivity contribution >= 4 is 28.2 Å². The van der Waals surface area contributed by atoms with Crippen molar-refractivity contribution in [3.05, 3.63) is 63.8 Å². The van der Waals surface area contributed by atoms with Crippen LogP contribution in [-0.2, 0) is 11.3 Å². The van der Waals surface area contributed by atoms with Crippen LogP contribution in [-0.4, -0.2) is 28.2 Å². The van der Waals surface area contributed by atoms with Crippen molar-refractivity contribution in [2.24, 2.45) is 0 Å². The summed E-state index contributed by atoms with van der Waals surface area (Å²) in [6.07, 6.45) is 0. The van der Waals surface area contributed by atoms with Crippen LogP contribution in [0.4, 0.5) is 11.4 Å². The zero-order chi connectivity index (χ0) is 17.1. The van der Waals surface area contributed by atoms with Gasteiger partial charge in [0, 0.05) is 29.8 Å². The maximum Gasteiger partial charge on any atom is 0.356 e. The third-order valence-corrected chi connectivity index (χ3v) is 3.56. The first-order valence-electron chi connectivity index (χ1n) is 7.12. The van der Waals surface area contributed by atoms with Gasteiger partial charge in [0.25, 0.3) is 5.69 Å². The molecular formula is C16H14N4O4. The van der Waals surface area contributed by atoms with E-state index in [2.05, 4.69) is 20.3 Å². The molecule has 122 valence electrons. The van der Waals surface area contributed by atoms with Gasteiger partial charge in [0.15, 0.2) is 5.69 Å². The van der Waals surface area contributed by atoms with Crippen LogP contribution in [0.5, 0.6) is 0 Å². The summed E-state index contributed by atoms with van der Waals surface area (Å²) in [6.45, 7) is 0.432. The fourth-order valence-corrected chi connectivity index (χ4v) is 2.36. The Bertz CT molecular complexity index is 919. The highest BCUT2D eigenvalue weighted by atomic mass is 16.6. The second-order valence-corrected chi connectivity index (χ2v) is 5.10. The third-order valence-electron chi connectivity index (χ3n) is 3.56.